The van der Waals surface area contributed by atoms with Crippen molar-refractivity contribution in [1.29, 1.82) is 0 Å². The topological polar surface area (TPSA) is 70.6 Å². The first kappa shape index (κ1) is 28.7. The predicted octanol–water partition coefficient (Wildman–Crippen LogP) is 2.66. The van der Waals surface area contributed by atoms with E-state index in [0.717, 1.165) is 20.2 Å². The molecule has 1 heterocycles. The van der Waals surface area contributed by atoms with E-state index in [1.165, 1.54) is 16.7 Å². The number of benzene rings is 3. The molecule has 4 rings (SSSR count). The molecule has 3 aromatic rings. The molecule has 36 heavy (non-hydrogen) atoms. The summed E-state index contributed by atoms with van der Waals surface area (Å²) in [6.45, 7) is 7.04. The Labute approximate surface area is 241 Å². The van der Waals surface area contributed by atoms with Crippen LogP contribution >= 0.6 is 19.8 Å². The van der Waals surface area contributed by atoms with Crippen molar-refractivity contribution in [3.8, 4) is 17.2 Å². The molecule has 0 saturated heterocycles. The summed E-state index contributed by atoms with van der Waals surface area (Å²) >= 11 is 6.48. The van der Waals surface area contributed by atoms with E-state index in [-0.39, 0.29) is 46.9 Å². The van der Waals surface area contributed by atoms with Crippen LogP contribution < -0.4 is 49.5 Å². The maximum absolute atomic E-state index is 12.6. The Morgan fingerprint density at radius 1 is 1.17 bits per heavy atom. The van der Waals surface area contributed by atoms with E-state index in [4.69, 9.17) is 21.1 Å². The number of hydrogen-bond acceptors (Lipinski definition) is 4. The molecule has 0 fully saturated rings. The molecule has 1 N–H and O–H groups in total. The molecule has 0 aromatic heterocycles. The molecule has 1 unspecified atom stereocenters. The van der Waals surface area contributed by atoms with Crippen molar-refractivity contribution in [2.24, 2.45) is 0 Å². The zero-order valence-corrected chi connectivity index (χ0v) is 24.7. The summed E-state index contributed by atoms with van der Waals surface area (Å²) in [6, 6.07) is 16.8. The molecule has 182 valence electrons. The van der Waals surface area contributed by atoms with Crippen molar-refractivity contribution in [3.63, 3.8) is 0 Å². The van der Waals surface area contributed by atoms with Crippen LogP contribution in [0.5, 0.6) is 17.2 Å². The fourth-order valence-corrected chi connectivity index (χ4v) is 5.01. The first-order valence-corrected chi connectivity index (χ1v) is 13.3. The molecule has 1 aliphatic heterocycles. The van der Waals surface area contributed by atoms with Crippen LogP contribution in [0.1, 0.15) is 45.0 Å². The summed E-state index contributed by atoms with van der Waals surface area (Å²) in [6.07, 6.45) is 1.43. The van der Waals surface area contributed by atoms with Gasteiger partial charge in [-0.1, -0.05) is 35.4 Å². The van der Waals surface area contributed by atoms with Crippen molar-refractivity contribution >= 4 is 31.2 Å². The maximum atomic E-state index is 12.6. The number of halogens is 1. The van der Waals surface area contributed by atoms with Gasteiger partial charge in [-0.3, -0.25) is 4.79 Å². The van der Waals surface area contributed by atoms with Gasteiger partial charge >= 0.3 is 29.6 Å². The summed E-state index contributed by atoms with van der Waals surface area (Å²) in [5, 5.41) is 15.7. The van der Waals surface area contributed by atoms with Crippen molar-refractivity contribution < 1.29 is 48.9 Å². The Morgan fingerprint density at radius 3 is 2.61 bits per heavy atom. The minimum Gasteiger partial charge on any atom is -0.827 e. The minimum absolute atomic E-state index is 0. The van der Waals surface area contributed by atoms with Gasteiger partial charge in [0, 0.05) is 29.7 Å². The molecule has 0 aliphatic carbocycles. The number of nitrogens with one attached hydrogen (secondary N) is 1. The van der Waals surface area contributed by atoms with E-state index in [9.17, 15) is 9.90 Å². The summed E-state index contributed by atoms with van der Waals surface area (Å²) in [4.78, 5) is 12.6. The second-order valence-electron chi connectivity index (χ2n) is 8.63. The number of carbonyl (C=O) groups is 1. The van der Waals surface area contributed by atoms with Gasteiger partial charge in [-0.2, -0.15) is 0 Å². The number of aryl methyl sites for hydroxylation is 2. The van der Waals surface area contributed by atoms with E-state index in [1.54, 1.807) is 36.4 Å². The van der Waals surface area contributed by atoms with Gasteiger partial charge in [0.05, 0.1) is 11.6 Å². The number of fused-ring (bicyclic) bond motifs is 1. The number of hydrogen-bond donors (Lipinski definition) is 1. The van der Waals surface area contributed by atoms with Crippen LogP contribution in [-0.2, 0) is 6.42 Å². The second kappa shape index (κ2) is 13.1. The van der Waals surface area contributed by atoms with Gasteiger partial charge in [0.2, 0.25) is 0 Å². The summed E-state index contributed by atoms with van der Waals surface area (Å²) in [5.41, 5.74) is 5.22. The summed E-state index contributed by atoms with van der Waals surface area (Å²) in [7, 11) is 0.723. The molecule has 0 bridgehead atoms. The van der Waals surface area contributed by atoms with Gasteiger partial charge in [0.25, 0.3) is 5.91 Å². The Kier molecular flexibility index (Phi) is 10.4. The van der Waals surface area contributed by atoms with Crippen molar-refractivity contribution in [2.45, 2.75) is 32.6 Å². The van der Waals surface area contributed by atoms with Crippen LogP contribution in [-0.4, -0.2) is 31.2 Å². The molecular weight excluding hydrogens is 504 g/mol. The SMILES string of the molecule is CP=C([O-])C1CCOc2cc(Oc3ccc(C(=O)NCCc4ccc(C)cc4C)cc3)c(Cl)cc21.[Na+]. The monoisotopic (exact) mass is 531 g/mol. The third-order valence-electron chi connectivity index (χ3n) is 6.14. The zero-order valence-electron chi connectivity index (χ0n) is 21.1. The van der Waals surface area contributed by atoms with Crippen LogP contribution in [0.15, 0.2) is 54.6 Å². The van der Waals surface area contributed by atoms with Gasteiger partial charge in [-0.05, 0) is 74.8 Å². The Hall–Kier alpha value is -1.85. The van der Waals surface area contributed by atoms with Crippen molar-refractivity contribution in [3.05, 3.63) is 87.4 Å². The third kappa shape index (κ3) is 6.92. The average molecular weight is 532 g/mol. The van der Waals surface area contributed by atoms with Gasteiger partial charge in [-0.25, -0.2) is 0 Å². The molecule has 5 nitrogen and oxygen atoms in total. The van der Waals surface area contributed by atoms with E-state index in [0.29, 0.717) is 47.4 Å². The Balaban J connectivity index is 0.00000361. The fourth-order valence-electron chi connectivity index (χ4n) is 4.22. The van der Waals surface area contributed by atoms with E-state index >= 15 is 0 Å². The van der Waals surface area contributed by atoms with E-state index < -0.39 is 0 Å². The van der Waals surface area contributed by atoms with Crippen molar-refractivity contribution in [1.82, 2.24) is 5.32 Å². The van der Waals surface area contributed by atoms with E-state index in [1.807, 2.05) is 6.66 Å². The third-order valence-corrected chi connectivity index (χ3v) is 7.19. The molecule has 1 amide bonds. The van der Waals surface area contributed by atoms with Crippen LogP contribution in [0.25, 0.3) is 0 Å². The summed E-state index contributed by atoms with van der Waals surface area (Å²) < 4.78 is 11.7. The Bertz CT molecular complexity index is 1260. The second-order valence-corrected chi connectivity index (χ2v) is 9.93. The number of ether oxygens (including phenoxy) is 2. The quantitative estimate of drug-likeness (QED) is 0.376. The molecular formula is C28H28ClNNaO4P. The van der Waals surface area contributed by atoms with Gasteiger partial charge in [0.15, 0.2) is 0 Å². The Morgan fingerprint density at radius 2 is 1.92 bits per heavy atom. The van der Waals surface area contributed by atoms with Crippen molar-refractivity contribution in [2.75, 3.05) is 19.8 Å². The largest absolute Gasteiger partial charge is 1.00 e. The molecule has 0 radical (unpaired) electrons. The van der Waals surface area contributed by atoms with Crippen LogP contribution in [0, 0.1) is 13.8 Å². The van der Waals surface area contributed by atoms with Gasteiger partial charge in [-0.15, -0.1) is 13.7 Å². The summed E-state index contributed by atoms with van der Waals surface area (Å²) in [5.74, 6) is 1.28. The van der Waals surface area contributed by atoms with Crippen LogP contribution in [0.3, 0.4) is 0 Å². The first-order valence-electron chi connectivity index (χ1n) is 11.6. The molecule has 1 atom stereocenters. The maximum Gasteiger partial charge on any atom is 1.00 e. The number of rotatable bonds is 7. The van der Waals surface area contributed by atoms with Gasteiger partial charge in [0.1, 0.15) is 17.2 Å². The standard InChI is InChI=1S/C28H29ClNO4P.Na/c1-17-4-5-19(18(2)14-17)10-12-30-27(31)20-6-8-21(9-7-20)34-26-16-25-23(15-24(26)29)22(11-13-33-25)28(32)35-3;/h4-9,14-16,22,32H,10-13H2,1-3H3,(H,30,31);/q;+1/p-1. The predicted molar refractivity (Wildman–Crippen MR) is 141 cm³/mol. The van der Waals surface area contributed by atoms with E-state index in [2.05, 4.69) is 37.4 Å². The van der Waals surface area contributed by atoms with Crippen LogP contribution in [0.4, 0.5) is 0 Å². The molecule has 3 aromatic carbocycles. The van der Waals surface area contributed by atoms with Gasteiger partial charge < -0.3 is 19.9 Å². The number of amides is 1. The normalized spacial score (nSPS) is 14.8. The fraction of sp³-hybridized carbons (Fsp3) is 0.286. The smallest absolute Gasteiger partial charge is 0.827 e. The minimum atomic E-state index is -0.204. The first-order chi connectivity index (χ1) is 16.9. The zero-order chi connectivity index (χ0) is 24.9. The molecule has 0 spiro atoms. The number of carbonyl (C=O) groups excluding carboxylic acids is 1. The molecule has 0 saturated carbocycles. The molecule has 8 heteroatoms. The molecule has 1 aliphatic rings. The van der Waals surface area contributed by atoms with Crippen LogP contribution in [0.2, 0.25) is 5.02 Å². The average Bonchev–Trinajstić information content (AvgIpc) is 2.85.